The molecule has 1 heterocycles. The van der Waals surface area contributed by atoms with E-state index in [9.17, 15) is 4.79 Å². The summed E-state index contributed by atoms with van der Waals surface area (Å²) >= 11 is 0. The molecule has 0 fully saturated rings. The molecule has 0 bridgehead atoms. The van der Waals surface area contributed by atoms with Crippen molar-refractivity contribution in [1.82, 2.24) is 10.3 Å². The van der Waals surface area contributed by atoms with Gasteiger partial charge in [-0.3, -0.25) is 10.1 Å². The Morgan fingerprint density at radius 2 is 1.33 bits per heavy atom. The number of carbonyl (C=O) groups is 1. The minimum Gasteiger partial charge on any atom is -0.342 e. The molecule has 0 unspecified atom stereocenters. The van der Waals surface area contributed by atoms with Crippen molar-refractivity contribution in [1.29, 1.82) is 0 Å². The van der Waals surface area contributed by atoms with E-state index in [4.69, 9.17) is 0 Å². The van der Waals surface area contributed by atoms with E-state index in [1.807, 2.05) is 109 Å². The third-order valence-corrected chi connectivity index (χ3v) is 4.96. The third kappa shape index (κ3) is 4.29. The number of anilines is 1. The van der Waals surface area contributed by atoms with Crippen LogP contribution in [0.3, 0.4) is 0 Å². The highest BCUT2D eigenvalue weighted by atomic mass is 16.1. The molecule has 1 aromatic heterocycles. The quantitative estimate of drug-likeness (QED) is 0.326. The summed E-state index contributed by atoms with van der Waals surface area (Å²) in [6.45, 7) is 0.508. The molecule has 4 aromatic rings. The molecule has 30 heavy (non-hydrogen) atoms. The number of carbonyl (C=O) groups excluding carboxylic acids is 1. The first-order valence-electron chi connectivity index (χ1n) is 9.91. The van der Waals surface area contributed by atoms with Crippen molar-refractivity contribution in [3.05, 3.63) is 132 Å². The van der Waals surface area contributed by atoms with Crippen LogP contribution in [0.4, 0.5) is 5.82 Å². The van der Waals surface area contributed by atoms with Crippen LogP contribution < -0.4 is 10.6 Å². The standard InChI is InChI=1S/C26H23N3O/c30-25(22-14-6-2-7-15-22)26(23-16-8-3-9-17-23,29-24-18-10-11-19-27-24)28-20-21-12-4-1-5-13-21/h1-19,28H,20H2,(H,27,29)/t26-/m0/s1. The van der Waals surface area contributed by atoms with Crippen molar-refractivity contribution in [2.45, 2.75) is 12.2 Å². The Bertz CT molecular complexity index is 1070. The summed E-state index contributed by atoms with van der Waals surface area (Å²) in [5.74, 6) is 0.544. The van der Waals surface area contributed by atoms with Crippen molar-refractivity contribution in [2.24, 2.45) is 0 Å². The summed E-state index contributed by atoms with van der Waals surface area (Å²) in [6, 6.07) is 34.7. The SMILES string of the molecule is O=C(c1ccccc1)[C@@](NCc1ccccc1)(Nc1ccccn1)c1ccccc1. The Morgan fingerprint density at radius 3 is 1.97 bits per heavy atom. The van der Waals surface area contributed by atoms with Gasteiger partial charge in [-0.25, -0.2) is 4.98 Å². The lowest BCUT2D eigenvalue weighted by atomic mass is 9.89. The van der Waals surface area contributed by atoms with Crippen molar-refractivity contribution < 1.29 is 4.79 Å². The van der Waals surface area contributed by atoms with Gasteiger partial charge < -0.3 is 5.32 Å². The highest BCUT2D eigenvalue weighted by molar-refractivity contribution is 6.05. The number of pyridine rings is 1. The maximum atomic E-state index is 13.9. The topological polar surface area (TPSA) is 54.0 Å². The molecule has 148 valence electrons. The van der Waals surface area contributed by atoms with Crippen molar-refractivity contribution in [3.8, 4) is 0 Å². The second-order valence-corrected chi connectivity index (χ2v) is 6.99. The van der Waals surface area contributed by atoms with Gasteiger partial charge in [0.1, 0.15) is 5.82 Å². The van der Waals surface area contributed by atoms with Gasteiger partial charge in [0.25, 0.3) is 0 Å². The zero-order chi connectivity index (χ0) is 20.7. The van der Waals surface area contributed by atoms with Gasteiger partial charge in [-0.05, 0) is 17.7 Å². The number of nitrogens with zero attached hydrogens (tertiary/aromatic N) is 1. The van der Waals surface area contributed by atoms with Gasteiger partial charge in [0.2, 0.25) is 5.78 Å². The van der Waals surface area contributed by atoms with E-state index in [-0.39, 0.29) is 5.78 Å². The van der Waals surface area contributed by atoms with Crippen molar-refractivity contribution >= 4 is 11.6 Å². The highest BCUT2D eigenvalue weighted by Gasteiger charge is 2.40. The van der Waals surface area contributed by atoms with E-state index in [0.29, 0.717) is 17.9 Å². The predicted octanol–water partition coefficient (Wildman–Crippen LogP) is 5.02. The fraction of sp³-hybridized carbons (Fsp3) is 0.0769. The first kappa shape index (κ1) is 19.6. The first-order chi connectivity index (χ1) is 14.8. The van der Waals surface area contributed by atoms with Gasteiger partial charge in [-0.1, -0.05) is 97.1 Å². The minimum absolute atomic E-state index is 0.0733. The van der Waals surface area contributed by atoms with Gasteiger partial charge in [0.15, 0.2) is 5.66 Å². The largest absolute Gasteiger partial charge is 0.342 e. The first-order valence-corrected chi connectivity index (χ1v) is 9.91. The Morgan fingerprint density at radius 1 is 0.733 bits per heavy atom. The molecule has 0 aliphatic rings. The number of hydrogen-bond donors (Lipinski definition) is 2. The fourth-order valence-electron chi connectivity index (χ4n) is 3.44. The normalized spacial score (nSPS) is 12.7. The van der Waals surface area contributed by atoms with E-state index >= 15 is 0 Å². The molecule has 1 atom stereocenters. The lowest BCUT2D eigenvalue weighted by Crippen LogP contribution is -2.55. The van der Waals surface area contributed by atoms with Crippen LogP contribution in [0.25, 0.3) is 0 Å². The van der Waals surface area contributed by atoms with Gasteiger partial charge in [-0.2, -0.15) is 0 Å². The Balaban J connectivity index is 1.82. The predicted molar refractivity (Wildman–Crippen MR) is 120 cm³/mol. The molecule has 4 heteroatoms. The molecule has 0 aliphatic heterocycles. The zero-order valence-corrected chi connectivity index (χ0v) is 16.5. The monoisotopic (exact) mass is 393 g/mol. The molecule has 0 amide bonds. The summed E-state index contributed by atoms with van der Waals surface area (Å²) in [4.78, 5) is 18.4. The molecule has 0 spiro atoms. The van der Waals surface area contributed by atoms with E-state index < -0.39 is 5.66 Å². The Labute approximate surface area is 176 Å². The van der Waals surface area contributed by atoms with Crippen molar-refractivity contribution in [3.63, 3.8) is 0 Å². The molecule has 3 aromatic carbocycles. The second kappa shape index (κ2) is 9.16. The van der Waals surface area contributed by atoms with E-state index in [1.165, 1.54) is 0 Å². The molecule has 0 aliphatic carbocycles. The van der Waals surface area contributed by atoms with Crippen LogP contribution in [-0.2, 0) is 12.2 Å². The summed E-state index contributed by atoms with van der Waals surface area (Å²) in [5.41, 5.74) is 1.33. The Kier molecular flexibility index (Phi) is 5.97. The smallest absolute Gasteiger partial charge is 0.207 e. The zero-order valence-electron chi connectivity index (χ0n) is 16.5. The van der Waals surface area contributed by atoms with Crippen LogP contribution in [0.5, 0.6) is 0 Å². The number of benzene rings is 3. The highest BCUT2D eigenvalue weighted by Crippen LogP contribution is 2.28. The Hall–Kier alpha value is -3.76. The number of nitrogens with one attached hydrogen (secondary N) is 2. The number of hydrogen-bond acceptors (Lipinski definition) is 4. The molecular weight excluding hydrogens is 370 g/mol. The second-order valence-electron chi connectivity index (χ2n) is 6.99. The van der Waals surface area contributed by atoms with Gasteiger partial charge in [0, 0.05) is 23.9 Å². The van der Waals surface area contributed by atoms with Gasteiger partial charge in [0.05, 0.1) is 0 Å². The molecule has 0 saturated carbocycles. The molecule has 0 saturated heterocycles. The maximum Gasteiger partial charge on any atom is 0.207 e. The minimum atomic E-state index is -1.19. The summed E-state index contributed by atoms with van der Waals surface area (Å²) in [5, 5.41) is 6.92. The number of aromatic nitrogens is 1. The summed E-state index contributed by atoms with van der Waals surface area (Å²) in [6.07, 6.45) is 1.71. The molecular formula is C26H23N3O. The van der Waals surface area contributed by atoms with Crippen LogP contribution in [0.15, 0.2) is 115 Å². The number of rotatable bonds is 8. The average Bonchev–Trinajstić information content (AvgIpc) is 2.84. The summed E-state index contributed by atoms with van der Waals surface area (Å²) < 4.78 is 0. The van der Waals surface area contributed by atoms with Crippen LogP contribution in [0, 0.1) is 0 Å². The van der Waals surface area contributed by atoms with E-state index in [1.54, 1.807) is 6.20 Å². The average molecular weight is 393 g/mol. The third-order valence-electron chi connectivity index (χ3n) is 4.96. The van der Waals surface area contributed by atoms with Gasteiger partial charge in [-0.15, -0.1) is 0 Å². The number of ketones is 1. The van der Waals surface area contributed by atoms with Crippen LogP contribution >= 0.6 is 0 Å². The van der Waals surface area contributed by atoms with Crippen LogP contribution in [0.2, 0.25) is 0 Å². The molecule has 4 rings (SSSR count). The van der Waals surface area contributed by atoms with Gasteiger partial charge >= 0.3 is 0 Å². The summed E-state index contributed by atoms with van der Waals surface area (Å²) in [7, 11) is 0. The van der Waals surface area contributed by atoms with Crippen LogP contribution in [0.1, 0.15) is 21.5 Å². The molecule has 0 radical (unpaired) electrons. The van der Waals surface area contributed by atoms with Crippen LogP contribution in [-0.4, -0.2) is 10.8 Å². The number of Topliss-reactive ketones (excluding diaryl/α,β-unsaturated/α-hetero) is 1. The fourth-order valence-corrected chi connectivity index (χ4v) is 3.44. The molecule has 2 N–H and O–H groups in total. The molecule has 4 nitrogen and oxygen atoms in total. The lowest BCUT2D eigenvalue weighted by molar-refractivity contribution is 0.0871. The lowest BCUT2D eigenvalue weighted by Gasteiger charge is -2.35. The van der Waals surface area contributed by atoms with E-state index in [0.717, 1.165) is 11.1 Å². The maximum absolute atomic E-state index is 13.9. The van der Waals surface area contributed by atoms with E-state index in [2.05, 4.69) is 15.6 Å². The van der Waals surface area contributed by atoms with Crippen molar-refractivity contribution in [2.75, 3.05) is 5.32 Å².